The summed E-state index contributed by atoms with van der Waals surface area (Å²) >= 11 is 0. The summed E-state index contributed by atoms with van der Waals surface area (Å²) in [6, 6.07) is 3.91. The summed E-state index contributed by atoms with van der Waals surface area (Å²) in [6.07, 6.45) is 3.11. The second-order valence-electron chi connectivity index (χ2n) is 3.93. The second-order valence-corrected chi connectivity index (χ2v) is 3.93. The molecule has 19 heavy (non-hydrogen) atoms. The van der Waals surface area contributed by atoms with E-state index in [9.17, 15) is 4.79 Å². The fourth-order valence-electron chi connectivity index (χ4n) is 1.64. The normalized spacial score (nSPS) is 12.2. The minimum atomic E-state index is -0.571. The van der Waals surface area contributed by atoms with Crippen molar-refractivity contribution in [2.75, 3.05) is 14.2 Å². The SMILES string of the molecule is CNC(C)c1cccnc1-n1cnc(C(=O)OC)n1. The van der Waals surface area contributed by atoms with Crippen LogP contribution in [-0.2, 0) is 4.74 Å². The van der Waals surface area contributed by atoms with Gasteiger partial charge in [-0.2, -0.15) is 0 Å². The number of pyridine rings is 1. The number of aromatic nitrogens is 4. The molecule has 0 aliphatic carbocycles. The maximum atomic E-state index is 11.3. The van der Waals surface area contributed by atoms with Crippen molar-refractivity contribution in [2.24, 2.45) is 0 Å². The number of methoxy groups -OCH3 is 1. The topological polar surface area (TPSA) is 81.9 Å². The van der Waals surface area contributed by atoms with Crippen molar-refractivity contribution in [3.8, 4) is 5.82 Å². The highest BCUT2D eigenvalue weighted by atomic mass is 16.5. The number of nitrogens with zero attached hydrogens (tertiary/aromatic N) is 4. The Balaban J connectivity index is 2.42. The number of hydrogen-bond acceptors (Lipinski definition) is 6. The van der Waals surface area contributed by atoms with Gasteiger partial charge in [-0.3, -0.25) is 0 Å². The quantitative estimate of drug-likeness (QED) is 0.817. The monoisotopic (exact) mass is 261 g/mol. The van der Waals surface area contributed by atoms with Crippen LogP contribution in [0.25, 0.3) is 5.82 Å². The highest BCUT2D eigenvalue weighted by Gasteiger charge is 2.16. The summed E-state index contributed by atoms with van der Waals surface area (Å²) in [7, 11) is 3.15. The Hall–Kier alpha value is -2.28. The third-order valence-corrected chi connectivity index (χ3v) is 2.79. The molecular formula is C12H15N5O2. The lowest BCUT2D eigenvalue weighted by Gasteiger charge is -2.13. The Bertz CT molecular complexity index is 581. The molecule has 0 spiro atoms. The molecule has 2 aromatic heterocycles. The van der Waals surface area contributed by atoms with Crippen LogP contribution in [0.1, 0.15) is 29.1 Å². The van der Waals surface area contributed by atoms with Gasteiger partial charge in [0.15, 0.2) is 5.82 Å². The largest absolute Gasteiger partial charge is 0.463 e. The molecule has 0 amide bonds. The van der Waals surface area contributed by atoms with Gasteiger partial charge >= 0.3 is 5.97 Å². The lowest BCUT2D eigenvalue weighted by atomic mass is 10.1. The average molecular weight is 261 g/mol. The van der Waals surface area contributed by atoms with E-state index in [0.29, 0.717) is 5.82 Å². The molecule has 0 aliphatic heterocycles. The van der Waals surface area contributed by atoms with Crippen molar-refractivity contribution >= 4 is 5.97 Å². The van der Waals surface area contributed by atoms with E-state index in [1.165, 1.54) is 18.1 Å². The molecule has 0 aliphatic rings. The Morgan fingerprint density at radius 1 is 1.47 bits per heavy atom. The minimum absolute atomic E-state index is 0.0104. The summed E-state index contributed by atoms with van der Waals surface area (Å²) in [5, 5.41) is 7.21. The summed E-state index contributed by atoms with van der Waals surface area (Å²) in [6.45, 7) is 2.01. The molecule has 0 fully saturated rings. The summed E-state index contributed by atoms with van der Waals surface area (Å²) < 4.78 is 6.04. The van der Waals surface area contributed by atoms with Crippen molar-refractivity contribution in [2.45, 2.75) is 13.0 Å². The Kier molecular flexibility index (Phi) is 3.86. The molecule has 7 nitrogen and oxygen atoms in total. The van der Waals surface area contributed by atoms with Crippen molar-refractivity contribution in [3.05, 3.63) is 36.0 Å². The molecule has 2 aromatic rings. The van der Waals surface area contributed by atoms with Gasteiger partial charge in [-0.05, 0) is 20.0 Å². The lowest BCUT2D eigenvalue weighted by molar-refractivity contribution is 0.0587. The van der Waals surface area contributed by atoms with E-state index in [0.717, 1.165) is 5.56 Å². The van der Waals surface area contributed by atoms with Gasteiger partial charge in [-0.15, -0.1) is 5.10 Å². The van der Waals surface area contributed by atoms with Crippen LogP contribution in [0.15, 0.2) is 24.7 Å². The van der Waals surface area contributed by atoms with Gasteiger partial charge in [-0.1, -0.05) is 6.07 Å². The fraction of sp³-hybridized carbons (Fsp3) is 0.333. The maximum absolute atomic E-state index is 11.3. The zero-order valence-corrected chi connectivity index (χ0v) is 11.0. The van der Waals surface area contributed by atoms with Gasteiger partial charge in [0.25, 0.3) is 5.82 Å². The smallest absolute Gasteiger partial charge is 0.377 e. The van der Waals surface area contributed by atoms with E-state index in [1.807, 2.05) is 26.1 Å². The van der Waals surface area contributed by atoms with Gasteiger partial charge in [0.05, 0.1) is 7.11 Å². The fourth-order valence-corrected chi connectivity index (χ4v) is 1.64. The van der Waals surface area contributed by atoms with Gasteiger partial charge in [-0.25, -0.2) is 19.4 Å². The van der Waals surface area contributed by atoms with Crippen molar-refractivity contribution < 1.29 is 9.53 Å². The van der Waals surface area contributed by atoms with Crippen molar-refractivity contribution in [1.29, 1.82) is 0 Å². The predicted octanol–water partition coefficient (Wildman–Crippen LogP) is 0.729. The first-order valence-electron chi connectivity index (χ1n) is 5.80. The van der Waals surface area contributed by atoms with E-state index in [1.54, 1.807) is 6.20 Å². The number of ether oxygens (including phenoxy) is 1. The van der Waals surface area contributed by atoms with Crippen LogP contribution in [0, 0.1) is 0 Å². The molecule has 2 rings (SSSR count). The summed E-state index contributed by atoms with van der Waals surface area (Å²) in [4.78, 5) is 19.5. The molecule has 1 atom stereocenters. The molecule has 0 bridgehead atoms. The number of hydrogen-bond donors (Lipinski definition) is 1. The molecule has 100 valence electrons. The number of nitrogens with one attached hydrogen (secondary N) is 1. The minimum Gasteiger partial charge on any atom is -0.463 e. The predicted molar refractivity (Wildman–Crippen MR) is 68.0 cm³/mol. The van der Waals surface area contributed by atoms with Crippen LogP contribution in [0.4, 0.5) is 0 Å². The van der Waals surface area contributed by atoms with Crippen LogP contribution in [-0.4, -0.2) is 39.9 Å². The molecule has 0 aromatic carbocycles. The Labute approximate surface area is 110 Å². The summed E-state index contributed by atoms with van der Waals surface area (Å²) in [5.41, 5.74) is 0.964. The summed E-state index contributed by atoms with van der Waals surface area (Å²) in [5.74, 6) is 0.0705. The molecule has 1 N–H and O–H groups in total. The second kappa shape index (κ2) is 5.57. The number of esters is 1. The zero-order chi connectivity index (χ0) is 13.8. The third kappa shape index (κ3) is 2.60. The van der Waals surface area contributed by atoms with E-state index in [4.69, 9.17) is 0 Å². The van der Waals surface area contributed by atoms with Crippen molar-refractivity contribution in [3.63, 3.8) is 0 Å². The molecule has 2 heterocycles. The van der Waals surface area contributed by atoms with Crippen LogP contribution in [0.5, 0.6) is 0 Å². The van der Waals surface area contributed by atoms with E-state index < -0.39 is 5.97 Å². The Morgan fingerprint density at radius 3 is 2.95 bits per heavy atom. The molecule has 7 heteroatoms. The molecule has 0 saturated heterocycles. The van der Waals surface area contributed by atoms with Gasteiger partial charge in [0.2, 0.25) is 0 Å². The highest BCUT2D eigenvalue weighted by molar-refractivity contribution is 5.84. The van der Waals surface area contributed by atoms with E-state index >= 15 is 0 Å². The third-order valence-electron chi connectivity index (χ3n) is 2.79. The maximum Gasteiger partial charge on any atom is 0.377 e. The number of rotatable bonds is 4. The van der Waals surface area contributed by atoms with E-state index in [-0.39, 0.29) is 11.9 Å². The number of carbonyl (C=O) groups is 1. The zero-order valence-electron chi connectivity index (χ0n) is 11.0. The van der Waals surface area contributed by atoms with Crippen LogP contribution in [0.2, 0.25) is 0 Å². The van der Waals surface area contributed by atoms with Gasteiger partial charge in [0, 0.05) is 17.8 Å². The molecule has 0 saturated carbocycles. The van der Waals surface area contributed by atoms with Crippen LogP contribution in [0.3, 0.4) is 0 Å². The first-order chi connectivity index (χ1) is 9.17. The first-order valence-corrected chi connectivity index (χ1v) is 5.80. The van der Waals surface area contributed by atoms with Gasteiger partial charge < -0.3 is 10.1 Å². The van der Waals surface area contributed by atoms with E-state index in [2.05, 4.69) is 25.1 Å². The van der Waals surface area contributed by atoms with Crippen LogP contribution >= 0.6 is 0 Å². The standard InChI is InChI=1S/C12H15N5O2/c1-8(13-2)9-5-4-6-14-11(9)17-7-15-10(16-17)12(18)19-3/h4-8,13H,1-3H3. The van der Waals surface area contributed by atoms with Gasteiger partial charge in [0.1, 0.15) is 6.33 Å². The number of carbonyl (C=O) groups excluding carboxylic acids is 1. The average Bonchev–Trinajstić information content (AvgIpc) is 2.95. The molecule has 0 radical (unpaired) electrons. The van der Waals surface area contributed by atoms with Crippen LogP contribution < -0.4 is 5.32 Å². The lowest BCUT2D eigenvalue weighted by Crippen LogP contribution is -2.16. The highest BCUT2D eigenvalue weighted by Crippen LogP contribution is 2.18. The first kappa shape index (κ1) is 13.2. The molecular weight excluding hydrogens is 246 g/mol. The Morgan fingerprint density at radius 2 is 2.26 bits per heavy atom. The van der Waals surface area contributed by atoms with Crippen molar-refractivity contribution in [1.82, 2.24) is 25.1 Å². The molecule has 1 unspecified atom stereocenters.